The zero-order chi connectivity index (χ0) is 13.9. The first kappa shape index (κ1) is 13.7. The predicted octanol–water partition coefficient (Wildman–Crippen LogP) is 2.75. The molecule has 2 aliphatic rings. The first-order valence-corrected chi connectivity index (χ1v) is 8.17. The molecule has 0 bridgehead atoms. The summed E-state index contributed by atoms with van der Waals surface area (Å²) < 4.78 is 11.1. The number of rotatable bonds is 3. The molecule has 1 aromatic rings. The smallest absolute Gasteiger partial charge is 0.255 e. The summed E-state index contributed by atoms with van der Waals surface area (Å²) in [4.78, 5) is 12.5. The molecule has 0 saturated heterocycles. The number of hydrogen-bond acceptors (Lipinski definition) is 3. The molecular formula is C15H18BrNO3. The molecule has 1 N–H and O–H groups in total. The van der Waals surface area contributed by atoms with Crippen LogP contribution in [0.4, 0.5) is 0 Å². The van der Waals surface area contributed by atoms with Gasteiger partial charge in [-0.1, -0.05) is 28.4 Å². The van der Waals surface area contributed by atoms with E-state index in [1.165, 1.54) is 12.8 Å². The van der Waals surface area contributed by atoms with Gasteiger partial charge in [0, 0.05) is 11.4 Å². The number of benzene rings is 1. The van der Waals surface area contributed by atoms with E-state index < -0.39 is 0 Å². The lowest BCUT2D eigenvalue weighted by Crippen LogP contribution is -2.38. The average Bonchev–Trinajstić information content (AvgIpc) is 2.93. The number of para-hydroxylation sites is 1. The largest absolute Gasteiger partial charge is 0.486 e. The van der Waals surface area contributed by atoms with E-state index in [-0.39, 0.29) is 11.9 Å². The molecule has 2 atom stereocenters. The van der Waals surface area contributed by atoms with Crippen molar-refractivity contribution in [1.82, 2.24) is 5.32 Å². The monoisotopic (exact) mass is 339 g/mol. The number of alkyl halides is 1. The van der Waals surface area contributed by atoms with E-state index in [0.29, 0.717) is 36.2 Å². The lowest BCUT2D eigenvalue weighted by molar-refractivity contribution is 0.0919. The van der Waals surface area contributed by atoms with Gasteiger partial charge in [0.1, 0.15) is 13.2 Å². The normalized spacial score (nSPS) is 24.4. The van der Waals surface area contributed by atoms with Crippen LogP contribution in [0.1, 0.15) is 29.6 Å². The van der Waals surface area contributed by atoms with Gasteiger partial charge in [-0.2, -0.15) is 0 Å². The lowest BCUT2D eigenvalue weighted by atomic mass is 10.1. The Bertz CT molecular complexity index is 506. The fourth-order valence-corrected chi connectivity index (χ4v) is 3.69. The Labute approximate surface area is 127 Å². The lowest BCUT2D eigenvalue weighted by Gasteiger charge is -2.23. The molecule has 1 amide bonds. The van der Waals surface area contributed by atoms with Gasteiger partial charge >= 0.3 is 0 Å². The Morgan fingerprint density at radius 1 is 1.30 bits per heavy atom. The molecule has 4 nitrogen and oxygen atoms in total. The molecule has 1 heterocycles. The highest BCUT2D eigenvalue weighted by molar-refractivity contribution is 9.09. The zero-order valence-corrected chi connectivity index (χ0v) is 12.8. The summed E-state index contributed by atoms with van der Waals surface area (Å²) in [6.45, 7) is 1.02. The third-order valence-corrected chi connectivity index (χ3v) is 4.82. The number of ether oxygens (including phenoxy) is 2. The Balaban J connectivity index is 1.77. The van der Waals surface area contributed by atoms with E-state index >= 15 is 0 Å². The Hall–Kier alpha value is -1.23. The van der Waals surface area contributed by atoms with Crippen molar-refractivity contribution in [2.24, 2.45) is 5.92 Å². The standard InChI is InChI=1S/C15H18BrNO3/c16-9-10-3-1-5-12(10)17-15(18)11-4-2-6-13-14(11)20-8-7-19-13/h2,4,6,10,12H,1,3,5,7-9H2,(H,17,18). The second kappa shape index (κ2) is 6.04. The molecule has 2 unspecified atom stereocenters. The summed E-state index contributed by atoms with van der Waals surface area (Å²) in [5, 5.41) is 4.08. The number of nitrogens with one attached hydrogen (secondary N) is 1. The van der Waals surface area contributed by atoms with Crippen LogP contribution < -0.4 is 14.8 Å². The molecule has 5 heteroatoms. The highest BCUT2D eigenvalue weighted by Crippen LogP contribution is 2.34. The molecule has 0 spiro atoms. The number of carbonyl (C=O) groups excluding carboxylic acids is 1. The maximum absolute atomic E-state index is 12.5. The van der Waals surface area contributed by atoms with Crippen molar-refractivity contribution in [3.63, 3.8) is 0 Å². The summed E-state index contributed by atoms with van der Waals surface area (Å²) in [5.74, 6) is 1.69. The summed E-state index contributed by atoms with van der Waals surface area (Å²) in [7, 11) is 0. The molecule has 108 valence electrons. The van der Waals surface area contributed by atoms with E-state index in [2.05, 4.69) is 21.2 Å². The number of carbonyl (C=O) groups is 1. The molecule has 0 radical (unpaired) electrons. The SMILES string of the molecule is O=C(NC1CCCC1CBr)c1cccc2c1OCCO2. The van der Waals surface area contributed by atoms with Gasteiger partial charge in [0.25, 0.3) is 5.91 Å². The van der Waals surface area contributed by atoms with Crippen LogP contribution in [-0.2, 0) is 0 Å². The average molecular weight is 340 g/mol. The minimum absolute atomic E-state index is 0.0646. The van der Waals surface area contributed by atoms with Crippen molar-refractivity contribution in [2.45, 2.75) is 25.3 Å². The van der Waals surface area contributed by atoms with Crippen LogP contribution in [0.2, 0.25) is 0 Å². The van der Waals surface area contributed by atoms with Crippen molar-refractivity contribution in [3.8, 4) is 11.5 Å². The van der Waals surface area contributed by atoms with Crippen LogP contribution in [0.15, 0.2) is 18.2 Å². The van der Waals surface area contributed by atoms with Gasteiger partial charge in [-0.05, 0) is 30.9 Å². The minimum atomic E-state index is -0.0646. The number of amides is 1. The van der Waals surface area contributed by atoms with Crippen LogP contribution in [0.5, 0.6) is 11.5 Å². The van der Waals surface area contributed by atoms with Crippen molar-refractivity contribution >= 4 is 21.8 Å². The number of halogens is 1. The molecule has 1 aliphatic carbocycles. The molecule has 0 aromatic heterocycles. The Morgan fingerprint density at radius 2 is 2.15 bits per heavy atom. The van der Waals surface area contributed by atoms with Crippen LogP contribution in [0.25, 0.3) is 0 Å². The van der Waals surface area contributed by atoms with Crippen molar-refractivity contribution in [3.05, 3.63) is 23.8 Å². The third-order valence-electron chi connectivity index (χ3n) is 3.98. The highest BCUT2D eigenvalue weighted by Gasteiger charge is 2.29. The van der Waals surface area contributed by atoms with E-state index in [9.17, 15) is 4.79 Å². The predicted molar refractivity (Wildman–Crippen MR) is 79.8 cm³/mol. The molecule has 3 rings (SSSR count). The molecule has 1 aliphatic heterocycles. The Kier molecular flexibility index (Phi) is 4.15. The van der Waals surface area contributed by atoms with Crippen LogP contribution >= 0.6 is 15.9 Å². The maximum atomic E-state index is 12.5. The second-order valence-electron chi connectivity index (χ2n) is 5.25. The molecule has 1 aromatic carbocycles. The second-order valence-corrected chi connectivity index (χ2v) is 5.90. The summed E-state index contributed by atoms with van der Waals surface area (Å²) in [6.07, 6.45) is 3.39. The van der Waals surface area contributed by atoms with Gasteiger partial charge in [0.15, 0.2) is 11.5 Å². The first-order chi connectivity index (χ1) is 9.79. The zero-order valence-electron chi connectivity index (χ0n) is 11.2. The van der Waals surface area contributed by atoms with Gasteiger partial charge in [0.2, 0.25) is 0 Å². The van der Waals surface area contributed by atoms with E-state index in [1.807, 2.05) is 12.1 Å². The van der Waals surface area contributed by atoms with E-state index in [1.54, 1.807) is 6.07 Å². The molecule has 1 fully saturated rings. The van der Waals surface area contributed by atoms with Gasteiger partial charge in [-0.15, -0.1) is 0 Å². The first-order valence-electron chi connectivity index (χ1n) is 7.05. The van der Waals surface area contributed by atoms with Crippen molar-refractivity contribution in [1.29, 1.82) is 0 Å². The Morgan fingerprint density at radius 3 is 3.00 bits per heavy atom. The van der Waals surface area contributed by atoms with Gasteiger partial charge in [0.05, 0.1) is 5.56 Å². The van der Waals surface area contributed by atoms with E-state index in [0.717, 1.165) is 11.8 Å². The molecule has 20 heavy (non-hydrogen) atoms. The number of fused-ring (bicyclic) bond motifs is 1. The topological polar surface area (TPSA) is 47.6 Å². The summed E-state index contributed by atoms with van der Waals surface area (Å²) >= 11 is 3.53. The van der Waals surface area contributed by atoms with Crippen molar-refractivity contribution in [2.75, 3.05) is 18.5 Å². The number of hydrogen-bond donors (Lipinski definition) is 1. The minimum Gasteiger partial charge on any atom is -0.486 e. The fourth-order valence-electron chi connectivity index (χ4n) is 2.91. The highest BCUT2D eigenvalue weighted by atomic mass is 79.9. The van der Waals surface area contributed by atoms with Crippen LogP contribution in [0.3, 0.4) is 0 Å². The molecule has 1 saturated carbocycles. The van der Waals surface area contributed by atoms with Crippen LogP contribution in [-0.4, -0.2) is 30.5 Å². The third kappa shape index (κ3) is 2.64. The van der Waals surface area contributed by atoms with Gasteiger partial charge in [-0.25, -0.2) is 0 Å². The van der Waals surface area contributed by atoms with Crippen molar-refractivity contribution < 1.29 is 14.3 Å². The van der Waals surface area contributed by atoms with Crippen LogP contribution in [0, 0.1) is 5.92 Å². The summed E-state index contributed by atoms with van der Waals surface area (Å²) in [5.41, 5.74) is 0.572. The van der Waals surface area contributed by atoms with Gasteiger partial charge in [-0.3, -0.25) is 4.79 Å². The van der Waals surface area contributed by atoms with Gasteiger partial charge < -0.3 is 14.8 Å². The van der Waals surface area contributed by atoms with E-state index in [4.69, 9.17) is 9.47 Å². The summed E-state index contributed by atoms with van der Waals surface area (Å²) in [6, 6.07) is 5.71. The quantitative estimate of drug-likeness (QED) is 0.861. The maximum Gasteiger partial charge on any atom is 0.255 e. The molecular weight excluding hydrogens is 322 g/mol. The fraction of sp³-hybridized carbons (Fsp3) is 0.533.